The van der Waals surface area contributed by atoms with E-state index in [1.165, 1.54) is 4.90 Å². The van der Waals surface area contributed by atoms with E-state index in [-0.39, 0.29) is 181 Å². The summed E-state index contributed by atoms with van der Waals surface area (Å²) in [6.07, 6.45) is 4.68. The molecule has 0 spiro atoms. The minimum atomic E-state index is -1.42. The highest BCUT2D eigenvalue weighted by Gasteiger charge is 2.29. The normalized spacial score (nSPS) is 12.5. The number of ether oxygens (including phenoxy) is 5. The highest BCUT2D eigenvalue weighted by Crippen LogP contribution is 2.12. The maximum Gasteiger partial charge on any atom is 0.320 e. The Morgan fingerprint density at radius 3 is 1.24 bits per heavy atom. The van der Waals surface area contributed by atoms with E-state index >= 15 is 0 Å². The molecule has 0 aromatic carbocycles. The second-order valence-electron chi connectivity index (χ2n) is 21.5. The molecule has 34 nitrogen and oxygen atoms in total. The molecule has 15 N–H and O–H groups in total. The standard InChI is InChI=1S/C57H101N11O23.H2/c1-41(54(58)82)11-3-6-19-61-48(72)39-91-34-32-89-30-22-63-49(73)40-90-33-31-88-28-10-27-87-29-21-62-45(69)14-9-15-47(71)65-43(56(84)64-20-7-4-12-42(2)55(59)83)13-5-8-18-60-46(70)17-16-44(57(85)86)68(25-23-66(35-50(74)75)36-51(76)77)26-24-67(37-52(78)79)38-53(80)81;/h41-44H,3-40H2,1-2H3,(H2,58,82)(H2,59,83)(H,60,70)(H,61,72)(H,62,69)(H,63,73)(H,64,84)(H,65,71)(H,74,75)(H,76,77)(H,78,79)(H,80,81)(H,85,86);1H/t41-,42-,43-,44-;/m0./s1. The Balaban J connectivity index is 0. The van der Waals surface area contributed by atoms with Crippen molar-refractivity contribution >= 4 is 77.1 Å². The van der Waals surface area contributed by atoms with Crippen molar-refractivity contribution in [3.05, 3.63) is 0 Å². The van der Waals surface area contributed by atoms with Crippen LogP contribution >= 0.6 is 0 Å². The SMILES string of the molecule is C[C@@H](CCCCNC(=O)COCCOCCNC(=O)COCCOCCCOCCNC(=O)CCCC(=O)N[C@@H](CCCCNC(=O)CC[C@@H](C(=O)O)N(CCN(CC(=O)O)CC(=O)O)CCN(CC(=O)O)CC(=O)O)C(=O)NCCCC[C@H](C)C(N)=O)C(N)=O.[HH]. The second-order valence-corrected chi connectivity index (χ2v) is 21.5. The first kappa shape index (κ1) is 83.8. The first-order chi connectivity index (χ1) is 43.3. The van der Waals surface area contributed by atoms with E-state index in [4.69, 9.17) is 35.2 Å². The number of carboxylic acids is 5. The lowest BCUT2D eigenvalue weighted by Crippen LogP contribution is -2.50. The Morgan fingerprint density at radius 1 is 0.396 bits per heavy atom. The molecule has 0 aromatic rings. The molecule has 0 saturated heterocycles. The van der Waals surface area contributed by atoms with Crippen LogP contribution in [0.2, 0.25) is 0 Å². The van der Waals surface area contributed by atoms with Crippen LogP contribution in [-0.2, 0) is 86.0 Å². The van der Waals surface area contributed by atoms with Gasteiger partial charge in [-0.2, -0.15) is 0 Å². The fraction of sp³-hybridized carbons (Fsp3) is 0.772. The second kappa shape index (κ2) is 53.5. The third kappa shape index (κ3) is 50.2. The highest BCUT2D eigenvalue weighted by atomic mass is 16.5. The van der Waals surface area contributed by atoms with Gasteiger partial charge < -0.3 is 92.6 Å². The largest absolute Gasteiger partial charge is 0.480 e. The van der Waals surface area contributed by atoms with Crippen molar-refractivity contribution in [2.45, 2.75) is 122 Å². The predicted octanol–water partition coefficient (Wildman–Crippen LogP) is -2.83. The lowest BCUT2D eigenvalue weighted by molar-refractivity contribution is -0.146. The van der Waals surface area contributed by atoms with Gasteiger partial charge in [0.15, 0.2) is 0 Å². The summed E-state index contributed by atoms with van der Waals surface area (Å²) in [4.78, 5) is 160. The number of primary amides is 2. The van der Waals surface area contributed by atoms with Crippen molar-refractivity contribution in [2.75, 3.05) is 151 Å². The molecule has 0 aliphatic carbocycles. The zero-order valence-corrected chi connectivity index (χ0v) is 52.8. The van der Waals surface area contributed by atoms with Crippen LogP contribution in [0.5, 0.6) is 0 Å². The number of carboxylic acid groups (broad SMARTS) is 5. The lowest BCUT2D eigenvalue weighted by Gasteiger charge is -2.32. The average Bonchev–Trinajstić information content (AvgIpc) is 1.81. The van der Waals surface area contributed by atoms with Crippen LogP contribution in [0.25, 0.3) is 0 Å². The Labute approximate surface area is 532 Å². The number of aliphatic carboxylic acids is 5. The van der Waals surface area contributed by atoms with Gasteiger partial charge >= 0.3 is 29.8 Å². The van der Waals surface area contributed by atoms with Crippen molar-refractivity contribution in [2.24, 2.45) is 23.3 Å². The van der Waals surface area contributed by atoms with Crippen LogP contribution in [0.15, 0.2) is 0 Å². The number of carbonyl (C=O) groups excluding carboxylic acids is 8. The lowest BCUT2D eigenvalue weighted by atomic mass is 10.0. The van der Waals surface area contributed by atoms with Gasteiger partial charge in [0.05, 0.1) is 65.8 Å². The van der Waals surface area contributed by atoms with E-state index in [1.807, 2.05) is 0 Å². The smallest absolute Gasteiger partial charge is 0.320 e. The summed E-state index contributed by atoms with van der Waals surface area (Å²) in [6, 6.07) is -2.41. The number of unbranched alkanes of at least 4 members (excludes halogenated alkanes) is 3. The van der Waals surface area contributed by atoms with E-state index < -0.39 is 91.7 Å². The molecule has 524 valence electrons. The van der Waals surface area contributed by atoms with Crippen LogP contribution < -0.4 is 43.4 Å². The summed E-state index contributed by atoms with van der Waals surface area (Å²) < 4.78 is 27.0. The highest BCUT2D eigenvalue weighted by molar-refractivity contribution is 5.88. The fourth-order valence-electron chi connectivity index (χ4n) is 8.47. The van der Waals surface area contributed by atoms with Gasteiger partial charge in [-0.15, -0.1) is 0 Å². The van der Waals surface area contributed by atoms with Gasteiger partial charge in [-0.3, -0.25) is 77.0 Å². The third-order valence-corrected chi connectivity index (χ3v) is 13.6. The maximum atomic E-state index is 13.3. The number of amides is 8. The van der Waals surface area contributed by atoms with Crippen molar-refractivity contribution in [1.29, 1.82) is 0 Å². The minimum Gasteiger partial charge on any atom is -0.480 e. The molecule has 0 unspecified atom stereocenters. The first-order valence-corrected chi connectivity index (χ1v) is 30.7. The Morgan fingerprint density at radius 2 is 0.780 bits per heavy atom. The molecule has 0 fully saturated rings. The molecule has 0 radical (unpaired) electrons. The quantitative estimate of drug-likeness (QED) is 0.0273. The molecular formula is C57H103N11O23. The number of nitrogens with two attached hydrogens (primary N) is 2. The van der Waals surface area contributed by atoms with Crippen molar-refractivity contribution in [3.8, 4) is 0 Å². The molecule has 34 heteroatoms. The van der Waals surface area contributed by atoms with Gasteiger partial charge in [0.1, 0.15) is 25.3 Å². The van der Waals surface area contributed by atoms with Crippen LogP contribution in [-0.4, -0.2) is 281 Å². The zero-order valence-electron chi connectivity index (χ0n) is 52.8. The van der Waals surface area contributed by atoms with Gasteiger partial charge in [-0.05, 0) is 64.2 Å². The monoisotopic (exact) mass is 1310 g/mol. The molecule has 0 rings (SSSR count). The van der Waals surface area contributed by atoms with E-state index in [0.717, 1.165) is 22.6 Å². The molecule has 8 amide bonds. The minimum absolute atomic E-state index is 0. The van der Waals surface area contributed by atoms with Gasteiger partial charge in [0.25, 0.3) is 0 Å². The van der Waals surface area contributed by atoms with Gasteiger partial charge in [0.2, 0.25) is 47.3 Å². The van der Waals surface area contributed by atoms with Crippen molar-refractivity contribution in [1.82, 2.24) is 46.6 Å². The molecule has 0 aliphatic rings. The number of hydrogen-bond donors (Lipinski definition) is 13. The van der Waals surface area contributed by atoms with Crippen LogP contribution in [0.1, 0.15) is 112 Å². The number of nitrogens with one attached hydrogen (secondary N) is 6. The summed E-state index contributed by atoms with van der Waals surface area (Å²) in [5.74, 6) is -10.5. The number of rotatable bonds is 62. The fourth-order valence-corrected chi connectivity index (χ4v) is 8.47. The van der Waals surface area contributed by atoms with Crippen LogP contribution in [0.3, 0.4) is 0 Å². The number of nitrogens with zero attached hydrogens (tertiary/aromatic N) is 3. The molecular weight excluding hydrogens is 1210 g/mol. The molecule has 0 aromatic heterocycles. The Hall–Kier alpha value is -7.21. The molecule has 0 aliphatic heterocycles. The first-order valence-electron chi connectivity index (χ1n) is 30.7. The van der Waals surface area contributed by atoms with Crippen molar-refractivity contribution in [3.63, 3.8) is 0 Å². The summed E-state index contributed by atoms with van der Waals surface area (Å²) in [5.41, 5.74) is 10.6. The number of carbonyl (C=O) groups is 13. The summed E-state index contributed by atoms with van der Waals surface area (Å²) >= 11 is 0. The van der Waals surface area contributed by atoms with Crippen molar-refractivity contribution < 1.29 is 113 Å². The zero-order chi connectivity index (χ0) is 68.2. The number of hydrogen-bond acceptors (Lipinski definition) is 21. The molecule has 4 atom stereocenters. The molecule has 91 heavy (non-hydrogen) atoms. The van der Waals surface area contributed by atoms with Gasteiger partial charge in [-0.25, -0.2) is 0 Å². The maximum absolute atomic E-state index is 13.3. The Kier molecular flexibility index (Phi) is 49.2. The summed E-state index contributed by atoms with van der Waals surface area (Å²) in [7, 11) is 0. The van der Waals surface area contributed by atoms with Gasteiger partial charge in [-0.1, -0.05) is 26.7 Å². The van der Waals surface area contributed by atoms with E-state index in [9.17, 15) is 87.9 Å². The molecule has 0 saturated carbocycles. The third-order valence-electron chi connectivity index (χ3n) is 13.6. The topological polar surface area (TPSA) is 503 Å². The van der Waals surface area contributed by atoms with E-state index in [2.05, 4.69) is 31.9 Å². The van der Waals surface area contributed by atoms with Gasteiger partial charge in [0, 0.05) is 105 Å². The molecule has 0 heterocycles. The van der Waals surface area contributed by atoms with Crippen LogP contribution in [0, 0.1) is 11.8 Å². The van der Waals surface area contributed by atoms with E-state index in [1.54, 1.807) is 13.8 Å². The summed E-state index contributed by atoms with van der Waals surface area (Å²) in [5, 5.41) is 63.7. The Bertz CT molecular complexity index is 2140. The average molecular weight is 1310 g/mol. The van der Waals surface area contributed by atoms with E-state index in [0.29, 0.717) is 64.7 Å². The molecule has 0 bridgehead atoms. The van der Waals surface area contributed by atoms with Crippen LogP contribution in [0.4, 0.5) is 0 Å². The predicted molar refractivity (Wildman–Crippen MR) is 326 cm³/mol. The summed E-state index contributed by atoms with van der Waals surface area (Å²) in [6.45, 7) is 2.79.